The lowest BCUT2D eigenvalue weighted by Crippen LogP contribution is -2.46. The fourth-order valence-corrected chi connectivity index (χ4v) is 3.41. The number of halogens is 2. The van der Waals surface area contributed by atoms with E-state index < -0.39 is 6.04 Å². The first-order valence-electron chi connectivity index (χ1n) is 9.76. The summed E-state index contributed by atoms with van der Waals surface area (Å²) in [4.78, 5) is 26.8. The molecule has 2 aromatic rings. The highest BCUT2D eigenvalue weighted by molar-refractivity contribution is 6.42. The molecule has 0 fully saturated rings. The third-order valence-corrected chi connectivity index (χ3v) is 5.76. The Morgan fingerprint density at radius 3 is 2.14 bits per heavy atom. The molecule has 4 nitrogen and oxygen atoms in total. The Kier molecular flexibility index (Phi) is 8.54. The predicted octanol–water partition coefficient (Wildman–Crippen LogP) is 5.21. The SMILES string of the molecule is CNC(=O)[C@@H](C)N(Cc1ccc(Cl)c(Cl)c1)C(=O)CCc1ccc(C(C)C)cc1. The van der Waals surface area contributed by atoms with Crippen LogP contribution < -0.4 is 5.32 Å². The number of hydrogen-bond acceptors (Lipinski definition) is 2. The van der Waals surface area contributed by atoms with Gasteiger partial charge in [0.15, 0.2) is 0 Å². The predicted molar refractivity (Wildman–Crippen MR) is 119 cm³/mol. The van der Waals surface area contributed by atoms with E-state index in [9.17, 15) is 9.59 Å². The summed E-state index contributed by atoms with van der Waals surface area (Å²) in [6.45, 7) is 6.32. The van der Waals surface area contributed by atoms with Gasteiger partial charge in [-0.1, -0.05) is 67.4 Å². The second-order valence-corrected chi connectivity index (χ2v) is 8.27. The zero-order valence-corrected chi connectivity index (χ0v) is 18.8. The van der Waals surface area contributed by atoms with Crippen LogP contribution in [0.15, 0.2) is 42.5 Å². The highest BCUT2D eigenvalue weighted by atomic mass is 35.5. The molecule has 0 aromatic heterocycles. The van der Waals surface area contributed by atoms with Crippen molar-refractivity contribution in [1.82, 2.24) is 10.2 Å². The molecular formula is C23H28Cl2N2O2. The molecule has 2 aromatic carbocycles. The van der Waals surface area contributed by atoms with Gasteiger partial charge in [-0.2, -0.15) is 0 Å². The summed E-state index contributed by atoms with van der Waals surface area (Å²) in [6.07, 6.45) is 0.944. The van der Waals surface area contributed by atoms with Crippen LogP contribution >= 0.6 is 23.2 Å². The molecule has 0 radical (unpaired) electrons. The monoisotopic (exact) mass is 434 g/mol. The lowest BCUT2D eigenvalue weighted by Gasteiger charge is -2.28. The van der Waals surface area contributed by atoms with Crippen LogP contribution in [0.3, 0.4) is 0 Å². The Morgan fingerprint density at radius 2 is 1.59 bits per heavy atom. The lowest BCUT2D eigenvalue weighted by atomic mass is 10.00. The maximum Gasteiger partial charge on any atom is 0.242 e. The topological polar surface area (TPSA) is 49.4 Å². The summed E-state index contributed by atoms with van der Waals surface area (Å²) >= 11 is 12.1. The van der Waals surface area contributed by atoms with Crippen molar-refractivity contribution in [1.29, 1.82) is 0 Å². The number of amides is 2. The molecule has 1 atom stereocenters. The first kappa shape index (κ1) is 23.2. The molecule has 0 spiro atoms. The Balaban J connectivity index is 2.13. The van der Waals surface area contributed by atoms with Crippen molar-refractivity contribution >= 4 is 35.0 Å². The lowest BCUT2D eigenvalue weighted by molar-refractivity contribution is -0.140. The van der Waals surface area contributed by atoms with E-state index in [4.69, 9.17) is 23.2 Å². The van der Waals surface area contributed by atoms with Gasteiger partial charge in [0.25, 0.3) is 0 Å². The number of nitrogens with zero attached hydrogens (tertiary/aromatic N) is 1. The number of likely N-dealkylation sites (N-methyl/N-ethyl adjacent to an activating group) is 1. The van der Waals surface area contributed by atoms with E-state index >= 15 is 0 Å². The van der Waals surface area contributed by atoms with E-state index in [1.807, 2.05) is 6.07 Å². The van der Waals surface area contributed by atoms with Crippen molar-refractivity contribution in [2.24, 2.45) is 0 Å². The van der Waals surface area contributed by atoms with Gasteiger partial charge >= 0.3 is 0 Å². The van der Waals surface area contributed by atoms with Gasteiger partial charge in [-0.05, 0) is 48.1 Å². The fraction of sp³-hybridized carbons (Fsp3) is 0.391. The van der Waals surface area contributed by atoms with Crippen LogP contribution in [0.1, 0.15) is 49.8 Å². The van der Waals surface area contributed by atoms with Crippen molar-refractivity contribution in [3.63, 3.8) is 0 Å². The molecule has 0 aliphatic carbocycles. The van der Waals surface area contributed by atoms with Crippen LogP contribution in [0.25, 0.3) is 0 Å². The van der Waals surface area contributed by atoms with Crippen LogP contribution in [0.4, 0.5) is 0 Å². The van der Waals surface area contributed by atoms with E-state index in [1.54, 1.807) is 31.0 Å². The van der Waals surface area contributed by atoms with E-state index in [0.29, 0.717) is 28.8 Å². The highest BCUT2D eigenvalue weighted by Gasteiger charge is 2.25. The number of hydrogen-bond donors (Lipinski definition) is 1. The molecule has 6 heteroatoms. The normalized spacial score (nSPS) is 12.0. The maximum absolute atomic E-state index is 13.0. The van der Waals surface area contributed by atoms with Crippen LogP contribution in [-0.2, 0) is 22.6 Å². The van der Waals surface area contributed by atoms with Crippen LogP contribution in [-0.4, -0.2) is 29.8 Å². The summed E-state index contributed by atoms with van der Waals surface area (Å²) in [5, 5.41) is 3.50. The third kappa shape index (κ3) is 6.48. The molecular weight excluding hydrogens is 407 g/mol. The van der Waals surface area contributed by atoms with Crippen LogP contribution in [0.2, 0.25) is 10.0 Å². The molecule has 29 heavy (non-hydrogen) atoms. The van der Waals surface area contributed by atoms with E-state index in [2.05, 4.69) is 43.4 Å². The smallest absolute Gasteiger partial charge is 0.242 e. The van der Waals surface area contributed by atoms with Crippen molar-refractivity contribution in [2.75, 3.05) is 7.05 Å². The number of aryl methyl sites for hydroxylation is 1. The zero-order valence-electron chi connectivity index (χ0n) is 17.3. The van der Waals surface area contributed by atoms with Crippen LogP contribution in [0.5, 0.6) is 0 Å². The van der Waals surface area contributed by atoms with Crippen molar-refractivity contribution in [3.8, 4) is 0 Å². The number of carbonyl (C=O) groups is 2. The number of rotatable bonds is 8. The van der Waals surface area contributed by atoms with Crippen LogP contribution in [0, 0.1) is 0 Å². The average molecular weight is 435 g/mol. The first-order valence-corrected chi connectivity index (χ1v) is 10.5. The minimum absolute atomic E-state index is 0.0832. The van der Waals surface area contributed by atoms with Crippen molar-refractivity contribution in [2.45, 2.75) is 52.1 Å². The van der Waals surface area contributed by atoms with Gasteiger partial charge in [-0.3, -0.25) is 9.59 Å². The van der Waals surface area contributed by atoms with Gasteiger partial charge in [0, 0.05) is 20.0 Å². The van der Waals surface area contributed by atoms with E-state index in [1.165, 1.54) is 5.56 Å². The molecule has 1 N–H and O–H groups in total. The first-order chi connectivity index (χ1) is 13.7. The standard InChI is InChI=1S/C23H28Cl2N2O2/c1-15(2)19-9-5-17(6-10-19)8-12-22(28)27(16(3)23(29)26-4)14-18-7-11-20(24)21(25)13-18/h5-7,9-11,13,15-16H,8,12,14H2,1-4H3,(H,26,29)/t16-/m1/s1. The molecule has 0 unspecified atom stereocenters. The quantitative estimate of drug-likeness (QED) is 0.619. The molecule has 0 aliphatic heterocycles. The molecule has 2 rings (SSSR count). The second-order valence-electron chi connectivity index (χ2n) is 7.46. The maximum atomic E-state index is 13.0. The average Bonchev–Trinajstić information content (AvgIpc) is 2.71. The highest BCUT2D eigenvalue weighted by Crippen LogP contribution is 2.24. The van der Waals surface area contributed by atoms with Gasteiger partial charge < -0.3 is 10.2 Å². The van der Waals surface area contributed by atoms with Gasteiger partial charge in [0.1, 0.15) is 6.04 Å². The largest absolute Gasteiger partial charge is 0.357 e. The molecule has 156 valence electrons. The van der Waals surface area contributed by atoms with Crippen molar-refractivity contribution < 1.29 is 9.59 Å². The summed E-state index contributed by atoms with van der Waals surface area (Å²) < 4.78 is 0. The Morgan fingerprint density at radius 1 is 0.966 bits per heavy atom. The van der Waals surface area contributed by atoms with Gasteiger partial charge in [0.05, 0.1) is 10.0 Å². The summed E-state index contributed by atoms with van der Waals surface area (Å²) in [5.41, 5.74) is 3.20. The summed E-state index contributed by atoms with van der Waals surface area (Å²) in [7, 11) is 1.57. The Hall–Kier alpha value is -2.04. The number of benzene rings is 2. The molecule has 0 heterocycles. The molecule has 0 bridgehead atoms. The molecule has 2 amide bonds. The molecule has 0 saturated carbocycles. The minimum Gasteiger partial charge on any atom is -0.357 e. The Labute approximate surface area is 183 Å². The number of carbonyl (C=O) groups excluding carboxylic acids is 2. The fourth-order valence-electron chi connectivity index (χ4n) is 3.09. The summed E-state index contributed by atoms with van der Waals surface area (Å²) in [6, 6.07) is 13.0. The third-order valence-electron chi connectivity index (χ3n) is 5.02. The van der Waals surface area contributed by atoms with Crippen molar-refractivity contribution in [3.05, 3.63) is 69.2 Å². The van der Waals surface area contributed by atoms with Gasteiger partial charge in [-0.25, -0.2) is 0 Å². The summed E-state index contributed by atoms with van der Waals surface area (Å²) in [5.74, 6) is 0.181. The molecule has 0 aliphatic rings. The molecule has 0 saturated heterocycles. The van der Waals surface area contributed by atoms with E-state index in [-0.39, 0.29) is 18.4 Å². The van der Waals surface area contributed by atoms with Gasteiger partial charge in [-0.15, -0.1) is 0 Å². The van der Waals surface area contributed by atoms with Gasteiger partial charge in [0.2, 0.25) is 11.8 Å². The zero-order chi connectivity index (χ0) is 21.6. The second kappa shape index (κ2) is 10.7. The number of nitrogens with one attached hydrogen (secondary N) is 1. The Bertz CT molecular complexity index is 850. The van der Waals surface area contributed by atoms with E-state index in [0.717, 1.165) is 11.1 Å². The minimum atomic E-state index is -0.592.